The van der Waals surface area contributed by atoms with Crippen molar-refractivity contribution in [3.05, 3.63) is 95.7 Å². The van der Waals surface area contributed by atoms with Crippen LogP contribution in [-0.4, -0.2) is 18.1 Å². The van der Waals surface area contributed by atoms with Gasteiger partial charge in [0.05, 0.1) is 12.8 Å². The first-order valence-electron chi connectivity index (χ1n) is 9.43. The molecular weight excluding hydrogens is 396 g/mol. The number of rotatable bonds is 6. The molecule has 0 bridgehead atoms. The van der Waals surface area contributed by atoms with E-state index in [1.54, 1.807) is 25.3 Å². The minimum absolute atomic E-state index is 0.248. The third kappa shape index (κ3) is 4.04. The number of anilines is 1. The smallest absolute Gasteiger partial charge is 0.281 e. The zero-order valence-electron chi connectivity index (χ0n) is 16.4. The maximum Gasteiger partial charge on any atom is 0.281 e. The normalized spacial score (nSPS) is 14.7. The van der Waals surface area contributed by atoms with Gasteiger partial charge in [0.25, 0.3) is 5.91 Å². The Labute approximate surface area is 180 Å². The van der Waals surface area contributed by atoms with Crippen LogP contribution in [0.25, 0.3) is 6.08 Å². The number of thiocarbonyl (C=S) groups is 1. The molecule has 1 fully saturated rings. The van der Waals surface area contributed by atoms with E-state index in [1.807, 2.05) is 66.7 Å². The van der Waals surface area contributed by atoms with Crippen LogP contribution in [0.2, 0.25) is 0 Å². The van der Waals surface area contributed by atoms with Crippen LogP contribution in [0.3, 0.4) is 0 Å². The quantitative estimate of drug-likeness (QED) is 0.472. The van der Waals surface area contributed by atoms with Crippen molar-refractivity contribution in [2.75, 3.05) is 12.0 Å². The first-order chi connectivity index (χ1) is 14.7. The predicted molar refractivity (Wildman–Crippen MR) is 121 cm³/mol. The second kappa shape index (κ2) is 8.80. The van der Waals surface area contributed by atoms with Crippen LogP contribution in [0.4, 0.5) is 5.69 Å². The molecule has 0 saturated carbocycles. The molecule has 6 heteroatoms. The molecule has 1 amide bonds. The molecule has 150 valence electrons. The minimum atomic E-state index is -0.248. The maximum absolute atomic E-state index is 13.1. The zero-order valence-corrected chi connectivity index (χ0v) is 17.2. The van der Waals surface area contributed by atoms with Crippen molar-refractivity contribution in [1.82, 2.24) is 5.32 Å². The lowest BCUT2D eigenvalue weighted by molar-refractivity contribution is -0.113. The summed E-state index contributed by atoms with van der Waals surface area (Å²) >= 11 is 5.41. The highest BCUT2D eigenvalue weighted by Gasteiger charge is 2.33. The second-order valence-corrected chi connectivity index (χ2v) is 7.00. The lowest BCUT2D eigenvalue weighted by Gasteiger charge is -2.17. The number of nitrogens with one attached hydrogen (secondary N) is 1. The van der Waals surface area contributed by atoms with Gasteiger partial charge in [-0.2, -0.15) is 0 Å². The molecular formula is C24H20N2O3S. The molecule has 1 aliphatic rings. The van der Waals surface area contributed by atoms with Gasteiger partial charge >= 0.3 is 0 Å². The Morgan fingerprint density at radius 2 is 1.60 bits per heavy atom. The van der Waals surface area contributed by atoms with Crippen molar-refractivity contribution in [3.8, 4) is 11.5 Å². The number of hydrogen-bond acceptors (Lipinski definition) is 4. The van der Waals surface area contributed by atoms with Gasteiger partial charge in [-0.3, -0.25) is 4.79 Å². The molecule has 0 unspecified atom stereocenters. The van der Waals surface area contributed by atoms with Crippen molar-refractivity contribution < 1.29 is 14.3 Å². The van der Waals surface area contributed by atoms with E-state index in [4.69, 9.17) is 21.7 Å². The van der Waals surface area contributed by atoms with Crippen molar-refractivity contribution in [3.63, 3.8) is 0 Å². The molecule has 1 heterocycles. The SMILES string of the molecule is COc1ccccc1N1C(=O)/C(=C\c2ccccc2OCc2ccccc2)NC1=S. The van der Waals surface area contributed by atoms with Crippen LogP contribution < -0.4 is 19.7 Å². The average Bonchev–Trinajstić information content (AvgIpc) is 3.06. The van der Waals surface area contributed by atoms with Crippen LogP contribution in [0, 0.1) is 0 Å². The number of carbonyl (C=O) groups excluding carboxylic acids is 1. The summed E-state index contributed by atoms with van der Waals surface area (Å²) in [6, 6.07) is 24.8. The predicted octanol–water partition coefficient (Wildman–Crippen LogP) is 4.54. The number of amides is 1. The fraction of sp³-hybridized carbons (Fsp3) is 0.0833. The van der Waals surface area contributed by atoms with E-state index < -0.39 is 0 Å². The first-order valence-corrected chi connectivity index (χ1v) is 9.84. The van der Waals surface area contributed by atoms with Gasteiger partial charge in [0.1, 0.15) is 23.8 Å². The van der Waals surface area contributed by atoms with E-state index >= 15 is 0 Å². The fourth-order valence-corrected chi connectivity index (χ4v) is 3.48. The van der Waals surface area contributed by atoms with Gasteiger partial charge in [-0.15, -0.1) is 0 Å². The zero-order chi connectivity index (χ0) is 20.9. The number of para-hydroxylation sites is 3. The lowest BCUT2D eigenvalue weighted by Crippen LogP contribution is -2.30. The molecule has 0 atom stereocenters. The molecule has 0 aliphatic carbocycles. The van der Waals surface area contributed by atoms with E-state index in [9.17, 15) is 4.79 Å². The summed E-state index contributed by atoms with van der Waals surface area (Å²) in [7, 11) is 1.56. The van der Waals surface area contributed by atoms with Crippen LogP contribution in [0.5, 0.6) is 11.5 Å². The molecule has 3 aromatic carbocycles. The topological polar surface area (TPSA) is 50.8 Å². The van der Waals surface area contributed by atoms with E-state index in [2.05, 4.69) is 5.32 Å². The number of hydrogen-bond donors (Lipinski definition) is 1. The van der Waals surface area contributed by atoms with Crippen LogP contribution in [-0.2, 0) is 11.4 Å². The Kier molecular flexibility index (Phi) is 5.77. The van der Waals surface area contributed by atoms with Crippen LogP contribution >= 0.6 is 12.2 Å². The summed E-state index contributed by atoms with van der Waals surface area (Å²) in [4.78, 5) is 14.5. The van der Waals surface area contributed by atoms with Gasteiger partial charge in [0, 0.05) is 5.56 Å². The number of methoxy groups -OCH3 is 1. The third-order valence-corrected chi connectivity index (χ3v) is 4.94. The largest absolute Gasteiger partial charge is 0.495 e. The summed E-state index contributed by atoms with van der Waals surface area (Å²) in [6.45, 7) is 0.439. The molecule has 1 saturated heterocycles. The summed E-state index contributed by atoms with van der Waals surface area (Å²) in [5, 5.41) is 3.31. The van der Waals surface area contributed by atoms with Crippen molar-refractivity contribution in [2.24, 2.45) is 0 Å². The van der Waals surface area contributed by atoms with Crippen LogP contribution in [0.15, 0.2) is 84.6 Å². The van der Waals surface area contributed by atoms with E-state index in [0.29, 0.717) is 34.6 Å². The lowest BCUT2D eigenvalue weighted by atomic mass is 10.1. The van der Waals surface area contributed by atoms with Gasteiger partial charge < -0.3 is 14.8 Å². The standard InChI is InChI=1S/C24H20N2O3S/c1-28-22-14-8-6-12-20(22)26-23(27)19(25-24(26)30)15-18-11-5-7-13-21(18)29-16-17-9-3-2-4-10-17/h2-15H,16H2,1H3,(H,25,30)/b19-15+. The Balaban J connectivity index is 1.60. The number of nitrogens with zero attached hydrogens (tertiary/aromatic N) is 1. The first kappa shape index (κ1) is 19.7. The average molecular weight is 417 g/mol. The molecule has 3 aromatic rings. The Morgan fingerprint density at radius 1 is 0.933 bits per heavy atom. The highest BCUT2D eigenvalue weighted by atomic mass is 32.1. The highest BCUT2D eigenvalue weighted by Crippen LogP contribution is 2.32. The third-order valence-electron chi connectivity index (χ3n) is 4.66. The molecule has 1 aliphatic heterocycles. The molecule has 5 nitrogen and oxygen atoms in total. The summed E-state index contributed by atoms with van der Waals surface area (Å²) in [6.07, 6.45) is 1.75. The van der Waals surface area contributed by atoms with E-state index in [1.165, 1.54) is 4.90 Å². The van der Waals surface area contributed by atoms with Gasteiger partial charge in [0.15, 0.2) is 5.11 Å². The monoisotopic (exact) mass is 416 g/mol. The Morgan fingerprint density at radius 3 is 2.37 bits per heavy atom. The molecule has 0 aromatic heterocycles. The Hall–Kier alpha value is -3.64. The summed E-state index contributed by atoms with van der Waals surface area (Å²) in [5.74, 6) is 1.01. The molecule has 0 radical (unpaired) electrons. The fourth-order valence-electron chi connectivity index (χ4n) is 3.19. The van der Waals surface area contributed by atoms with Gasteiger partial charge in [-0.05, 0) is 42.1 Å². The molecule has 4 rings (SSSR count). The van der Waals surface area contributed by atoms with E-state index in [-0.39, 0.29) is 5.91 Å². The molecule has 0 spiro atoms. The second-order valence-electron chi connectivity index (χ2n) is 6.61. The summed E-state index contributed by atoms with van der Waals surface area (Å²) < 4.78 is 11.4. The number of carbonyl (C=O) groups is 1. The number of benzene rings is 3. The minimum Gasteiger partial charge on any atom is -0.495 e. The van der Waals surface area contributed by atoms with Gasteiger partial charge in [0.2, 0.25) is 0 Å². The van der Waals surface area contributed by atoms with Crippen molar-refractivity contribution in [1.29, 1.82) is 0 Å². The van der Waals surface area contributed by atoms with Crippen molar-refractivity contribution in [2.45, 2.75) is 6.61 Å². The van der Waals surface area contributed by atoms with Gasteiger partial charge in [-0.25, -0.2) is 4.90 Å². The van der Waals surface area contributed by atoms with Crippen molar-refractivity contribution >= 4 is 35.0 Å². The summed E-state index contributed by atoms with van der Waals surface area (Å²) in [5.41, 5.74) is 2.83. The molecule has 1 N–H and O–H groups in total. The highest BCUT2D eigenvalue weighted by molar-refractivity contribution is 7.80. The van der Waals surface area contributed by atoms with E-state index in [0.717, 1.165) is 11.1 Å². The maximum atomic E-state index is 13.1. The van der Waals surface area contributed by atoms with Crippen LogP contribution in [0.1, 0.15) is 11.1 Å². The number of ether oxygens (including phenoxy) is 2. The molecule has 30 heavy (non-hydrogen) atoms. The van der Waals surface area contributed by atoms with Gasteiger partial charge in [-0.1, -0.05) is 60.7 Å². The Bertz CT molecular complexity index is 1110.